The maximum absolute atomic E-state index is 12.9. The highest BCUT2D eigenvalue weighted by molar-refractivity contribution is 14.1. The molecule has 10 aromatic rings. The molecule has 48 heteroatoms. The van der Waals surface area contributed by atoms with Crippen LogP contribution in [0.4, 0.5) is 35.2 Å². The molecule has 14 atom stereocenters. The number of nitrogens with zero attached hydrogens (tertiary/aromatic N) is 13. The summed E-state index contributed by atoms with van der Waals surface area (Å²) in [5.74, 6) is 2.26. The van der Waals surface area contributed by atoms with Gasteiger partial charge in [-0.2, -0.15) is 19.9 Å². The van der Waals surface area contributed by atoms with Crippen LogP contribution in [0.1, 0.15) is 247 Å². The second-order valence-corrected chi connectivity index (χ2v) is 69.3. The molecular formula is C98H148Cl4I2N18O20Si4. The van der Waals surface area contributed by atoms with E-state index in [1.165, 1.54) is 26.4 Å². The Bertz CT molecular complexity index is 6250. The van der Waals surface area contributed by atoms with E-state index in [2.05, 4.69) is 194 Å². The summed E-state index contributed by atoms with van der Waals surface area (Å²) >= 11 is 30.2. The lowest BCUT2D eigenvalue weighted by Crippen LogP contribution is -2.46. The molecule has 4 aliphatic rings. The van der Waals surface area contributed by atoms with Gasteiger partial charge in [0.1, 0.15) is 81.0 Å². The van der Waals surface area contributed by atoms with Crippen LogP contribution in [0.2, 0.25) is 88.0 Å². The second kappa shape index (κ2) is 46.3. The van der Waals surface area contributed by atoms with Crippen molar-refractivity contribution >= 4 is 204 Å². The van der Waals surface area contributed by atoms with Crippen LogP contribution in [0.25, 0.3) is 44.1 Å². The molecule has 8 aromatic heterocycles. The Hall–Kier alpha value is -6.71. The standard InChI is InChI=1S/C25H44Cl2N4O2Si2.C25H45ClN4O3Si2.C24H29ClIN5O7.C24H30IN5O8/c1-12-17-18(33-35(10,11)25(5,6)7)13-19(32-17)31-15-16(14-26)20-21(27)28-23(29-22(20)31)30-34(8,9)24(2,3)4;1-12-17-18(33-35(10,11)25(5,6)7)13-19(32-17)30-14-16(15-31)20-21(26)27-23(28-22(20)30)29-34(8,9)24(2,3)4;1-24(2,3)20(12-5-16(36-4)13(26)6-14(12)31(34)35)37-10-11-8-30(18-7-15(33)17(9-32)38-18)22-19(11)21(25)28-23(27)29-22;1-24(2,3)20(12-5-16(36-4)13(25)6-14(12)30(34)35)37-10-11-8-29(18-7-15(32)17(9-31)38-18)21-19(11)22(33)28-23(26)27-21/h15,17-19H,12-14H2,1-11H3,(H,28,29,30);14,17-19,31H,12-13,15H2,1-11H3,(H,27,28,29);5-6,8,15,17-18,20,32-33H,7,9-10H2,1-4H3,(H2,27,28,29);5-6,8,15,17-18,20,31-32H,7,9-10H2,1-4H3,(H3,26,27,28,33)/t2*17-,18-,19-;2*15-,17-,18-,20-/m1111/s1. The van der Waals surface area contributed by atoms with Crippen molar-refractivity contribution < 1.29 is 82.1 Å². The molecule has 12 N–H and O–H groups in total. The maximum atomic E-state index is 12.9. The van der Waals surface area contributed by atoms with Crippen LogP contribution in [-0.4, -0.2) is 203 Å². The number of rotatable bonds is 30. The number of benzene rings is 2. The molecule has 4 saturated heterocycles. The van der Waals surface area contributed by atoms with E-state index in [9.17, 15) is 50.6 Å². The predicted octanol–water partition coefficient (Wildman–Crippen LogP) is 22.3. The van der Waals surface area contributed by atoms with Crippen molar-refractivity contribution in [3.8, 4) is 11.5 Å². The molecule has 0 unspecified atom stereocenters. The Kier molecular flexibility index (Phi) is 37.9. The lowest BCUT2D eigenvalue weighted by molar-refractivity contribution is -0.386. The summed E-state index contributed by atoms with van der Waals surface area (Å²) in [6.07, 6.45) is 4.53. The van der Waals surface area contributed by atoms with Crippen molar-refractivity contribution in [2.45, 2.75) is 361 Å². The van der Waals surface area contributed by atoms with E-state index < -0.39 is 108 Å². The number of H-pyrrole nitrogens is 1. The van der Waals surface area contributed by atoms with E-state index in [-0.39, 0.29) is 142 Å². The zero-order chi connectivity index (χ0) is 109. The van der Waals surface area contributed by atoms with Crippen LogP contribution in [0.15, 0.2) is 53.8 Å². The largest absolute Gasteiger partial charge is 0.496 e. The number of aliphatic hydroxyl groups excluding tert-OH is 5. The third-order valence-corrected chi connectivity index (χ3v) is 50.5. The fourth-order valence-electron chi connectivity index (χ4n) is 17.2. The number of aromatic amines is 1. The molecule has 0 radical (unpaired) electrons. The van der Waals surface area contributed by atoms with Gasteiger partial charge in [-0.1, -0.05) is 199 Å². The van der Waals surface area contributed by atoms with Gasteiger partial charge in [-0.15, -0.1) is 11.6 Å². The summed E-state index contributed by atoms with van der Waals surface area (Å²) in [6, 6.07) is 6.16. The number of hydrogen-bond donors (Lipinski definition) is 10. The maximum Gasteiger partial charge on any atom is 0.276 e. The third-order valence-electron chi connectivity index (χ3n) is 29.5. The van der Waals surface area contributed by atoms with E-state index in [1.54, 1.807) is 33.7 Å². The average molecular weight is 2410 g/mol. The number of nitrogen functional groups attached to an aromatic ring is 2. The first kappa shape index (κ1) is 120. The van der Waals surface area contributed by atoms with E-state index >= 15 is 0 Å². The fraction of sp³-hybridized carbons (Fsp3) is 0.633. The molecule has 808 valence electrons. The average Bonchev–Trinajstić information content (AvgIpc) is 1.83. The molecule has 12 heterocycles. The molecular weight excluding hydrogens is 2260 g/mol. The summed E-state index contributed by atoms with van der Waals surface area (Å²) < 4.78 is 70.5. The van der Waals surface area contributed by atoms with E-state index in [4.69, 9.17) is 115 Å². The summed E-state index contributed by atoms with van der Waals surface area (Å²) in [7, 11) is -4.71. The van der Waals surface area contributed by atoms with Gasteiger partial charge in [0.15, 0.2) is 38.8 Å². The minimum absolute atomic E-state index is 0.00257. The van der Waals surface area contributed by atoms with Gasteiger partial charge in [-0.25, -0.2) is 15.0 Å². The molecule has 38 nitrogen and oxygen atoms in total. The number of methoxy groups -OCH3 is 2. The fourth-order valence-corrected chi connectivity index (χ4v) is 24.4. The van der Waals surface area contributed by atoms with Crippen LogP contribution >= 0.6 is 91.6 Å². The molecule has 0 saturated carbocycles. The number of nitrogens with two attached hydrogens (primary N) is 2. The monoisotopic (exact) mass is 2400 g/mol. The number of fused-ring (bicyclic) bond motifs is 4. The number of anilines is 4. The second-order valence-electron chi connectivity index (χ2n) is 46.2. The Morgan fingerprint density at radius 1 is 0.500 bits per heavy atom. The number of nitrogens with one attached hydrogen (secondary N) is 3. The Balaban J connectivity index is 0.000000185. The van der Waals surface area contributed by atoms with Crippen molar-refractivity contribution in [1.82, 2.24) is 58.1 Å². The van der Waals surface area contributed by atoms with Crippen LogP contribution in [0.3, 0.4) is 0 Å². The normalized spacial score (nSPS) is 21.4. The summed E-state index contributed by atoms with van der Waals surface area (Å²) in [6.45, 7) is 60.2. The molecule has 4 fully saturated rings. The van der Waals surface area contributed by atoms with Crippen molar-refractivity contribution in [3.63, 3.8) is 0 Å². The van der Waals surface area contributed by atoms with Gasteiger partial charge in [-0.3, -0.25) is 30.0 Å². The van der Waals surface area contributed by atoms with Gasteiger partial charge in [-0.05, 0) is 133 Å². The Morgan fingerprint density at radius 2 is 0.836 bits per heavy atom. The van der Waals surface area contributed by atoms with Crippen molar-refractivity contribution in [2.75, 3.05) is 48.9 Å². The van der Waals surface area contributed by atoms with Crippen LogP contribution < -0.4 is 36.5 Å². The third kappa shape index (κ3) is 26.3. The zero-order valence-corrected chi connectivity index (χ0v) is 101. The summed E-state index contributed by atoms with van der Waals surface area (Å²) in [5.41, 5.74) is 15.3. The number of nitro groups is 2. The van der Waals surface area contributed by atoms with Crippen LogP contribution in [-0.2, 0) is 63.0 Å². The molecule has 0 amide bonds. The first-order chi connectivity index (χ1) is 67.5. The number of aliphatic hydroxyl groups is 5. The molecule has 2 aromatic carbocycles. The lowest BCUT2D eigenvalue weighted by Gasteiger charge is -2.39. The number of ether oxygens (including phenoxy) is 8. The lowest BCUT2D eigenvalue weighted by atomic mass is 9.83. The summed E-state index contributed by atoms with van der Waals surface area (Å²) in [5, 5.41) is 77.0. The topological polar surface area (TPSA) is 499 Å². The number of alkyl halides is 1. The first-order valence-electron chi connectivity index (χ1n) is 48.9. The van der Waals surface area contributed by atoms with Crippen LogP contribution in [0, 0.1) is 38.2 Å². The molecule has 14 rings (SSSR count). The molecule has 0 bridgehead atoms. The highest BCUT2D eigenvalue weighted by atomic mass is 127. The van der Waals surface area contributed by atoms with Gasteiger partial charge < -0.3 is 112 Å². The molecule has 4 aliphatic heterocycles. The van der Waals surface area contributed by atoms with E-state index in [1.807, 2.05) is 104 Å². The minimum Gasteiger partial charge on any atom is -0.496 e. The van der Waals surface area contributed by atoms with Crippen molar-refractivity contribution in [1.29, 1.82) is 0 Å². The van der Waals surface area contributed by atoms with Crippen molar-refractivity contribution in [2.24, 2.45) is 10.8 Å². The predicted molar refractivity (Wildman–Crippen MR) is 598 cm³/mol. The number of hydrogen-bond acceptors (Lipinski definition) is 31. The van der Waals surface area contributed by atoms with Gasteiger partial charge in [0.05, 0.1) is 146 Å². The minimum atomic E-state index is -1.96. The van der Waals surface area contributed by atoms with Gasteiger partial charge >= 0.3 is 0 Å². The van der Waals surface area contributed by atoms with E-state index in [0.717, 1.165) is 42.3 Å². The van der Waals surface area contributed by atoms with Crippen molar-refractivity contribution in [3.05, 3.63) is 136 Å². The first-order valence-corrected chi connectivity index (χ1v) is 64.6. The summed E-state index contributed by atoms with van der Waals surface area (Å²) in [4.78, 5) is 77.4. The molecule has 0 spiro atoms. The van der Waals surface area contributed by atoms with E-state index in [0.29, 0.717) is 96.6 Å². The Labute approximate surface area is 905 Å². The van der Waals surface area contributed by atoms with Crippen LogP contribution in [0.5, 0.6) is 11.5 Å². The highest BCUT2D eigenvalue weighted by Gasteiger charge is 2.50. The number of nitro benzene ring substituents is 2. The molecule has 146 heavy (non-hydrogen) atoms. The Morgan fingerprint density at radius 3 is 1.17 bits per heavy atom. The smallest absolute Gasteiger partial charge is 0.276 e. The zero-order valence-electron chi connectivity index (χ0n) is 89.3. The van der Waals surface area contributed by atoms with Gasteiger partial charge in [0, 0.05) is 85.2 Å². The van der Waals surface area contributed by atoms with Gasteiger partial charge in [0.2, 0.25) is 23.8 Å². The molecule has 0 aliphatic carbocycles. The number of halogens is 6. The van der Waals surface area contributed by atoms with Gasteiger partial charge in [0.25, 0.3) is 16.9 Å². The number of aromatic nitrogens is 12. The highest BCUT2D eigenvalue weighted by Crippen LogP contribution is 2.52. The SMILES string of the molecule is CC[C@H]1O[C@@H](n2cc(CCl)c3c(Cl)nc(N[Si](C)(C)C(C)(C)C)nc32)C[C@H]1O[Si](C)(C)C(C)(C)C.CC[C@H]1O[C@@H](n2cc(CO)c3c(Cl)nc(N[Si](C)(C)C(C)(C)C)nc32)C[C@H]1O[Si](C)(C)C(C)(C)C.COc1cc([C@@H](OCc2cn([C@H]3C[C@@H](O)[C@@H](CO)O3)c3nc(N)[nH]c(=O)c23)C(C)(C)C)c([N+](=O)[O-])cc1I.COc1cc([C@@H](OCc2cn([C@H]3C[C@@H](O)[C@@H](CO)O3)c3nc(N)nc(Cl)c23)C(C)(C)C)c([N+](=O)[O-])cc1I. The quantitative estimate of drug-likeness (QED) is 0.00499.